The molecule has 2 aliphatic heterocycles. The number of hydrogen-bond acceptors (Lipinski definition) is 11. The zero-order chi connectivity index (χ0) is 34.3. The third-order valence-corrected chi connectivity index (χ3v) is 16.1. The molecule has 2 heterocycles. The van der Waals surface area contributed by atoms with Gasteiger partial charge >= 0.3 is 5.97 Å². The highest BCUT2D eigenvalue weighted by atomic mass is 16.7. The summed E-state index contributed by atoms with van der Waals surface area (Å²) in [6.45, 7) is 11.9. The lowest BCUT2D eigenvalue weighted by Crippen LogP contribution is -2.65. The predicted octanol–water partition coefficient (Wildman–Crippen LogP) is 1.79. The molecule has 11 nitrogen and oxygen atoms in total. The number of aliphatic hydroxyl groups is 7. The molecule has 0 aromatic carbocycles. The molecule has 17 atom stereocenters. The maximum Gasteiger partial charge on any atom is 0.317 e. The first-order chi connectivity index (χ1) is 21.8. The van der Waals surface area contributed by atoms with Crippen molar-refractivity contribution in [2.75, 3.05) is 6.61 Å². The molecule has 2 spiro atoms. The maximum absolute atomic E-state index is 14.1. The lowest BCUT2D eigenvalue weighted by Gasteiger charge is -2.64. The zero-order valence-corrected chi connectivity index (χ0v) is 28.9. The van der Waals surface area contributed by atoms with Gasteiger partial charge in [0.2, 0.25) is 6.29 Å². The van der Waals surface area contributed by atoms with Crippen LogP contribution in [0.2, 0.25) is 0 Å². The van der Waals surface area contributed by atoms with Crippen molar-refractivity contribution in [3.63, 3.8) is 0 Å². The molecule has 0 aromatic rings. The second kappa shape index (κ2) is 10.6. The Labute approximate surface area is 278 Å². The summed E-state index contributed by atoms with van der Waals surface area (Å²) in [5.41, 5.74) is -3.34. The Hall–Kier alpha value is -0.890. The van der Waals surface area contributed by atoms with Crippen LogP contribution in [-0.2, 0) is 19.0 Å². The Bertz CT molecular complexity index is 1270. The van der Waals surface area contributed by atoms with Crippen molar-refractivity contribution in [1.82, 2.24) is 0 Å². The average Bonchev–Trinajstić information content (AvgIpc) is 3.39. The van der Waals surface area contributed by atoms with E-state index in [-0.39, 0.29) is 40.3 Å². The van der Waals surface area contributed by atoms with E-state index in [1.165, 1.54) is 0 Å². The van der Waals surface area contributed by atoms with Gasteiger partial charge in [-0.15, -0.1) is 0 Å². The highest BCUT2D eigenvalue weighted by molar-refractivity contribution is 5.78. The van der Waals surface area contributed by atoms with Crippen LogP contribution in [0.5, 0.6) is 0 Å². The standard InChI is InChI=1S/C36H58O11/c1-30(2,44)24-10-12-33(5,47-24)19-9-11-31(3)20-7-8-21-34(6,29(43)46-28-27(42)26(41)25(40)18(16-37)45-28)22(38)15-23(39)36(21)17-35(20,36)14-13-32(19,31)4/h18-28,37-42,44H,7-17H2,1-6H3/t18-,19-,20+,21-,22-,23+,24+,25+,26+,27+,28+,31+,32-,33-,34-,35+,36-/m0/s1. The molecule has 0 radical (unpaired) electrons. The summed E-state index contributed by atoms with van der Waals surface area (Å²) in [6.07, 6.45) is -1.93. The van der Waals surface area contributed by atoms with Gasteiger partial charge in [0.15, 0.2) is 0 Å². The van der Waals surface area contributed by atoms with Crippen molar-refractivity contribution in [3.8, 4) is 0 Å². The van der Waals surface area contributed by atoms with Crippen molar-refractivity contribution in [1.29, 1.82) is 0 Å². The van der Waals surface area contributed by atoms with Crippen LogP contribution in [0.15, 0.2) is 0 Å². The summed E-state index contributed by atoms with van der Waals surface area (Å²) in [6, 6.07) is 0. The van der Waals surface area contributed by atoms with Gasteiger partial charge in [-0.05, 0) is 119 Å². The van der Waals surface area contributed by atoms with E-state index in [1.807, 2.05) is 13.8 Å². The van der Waals surface area contributed by atoms with E-state index in [2.05, 4.69) is 20.8 Å². The summed E-state index contributed by atoms with van der Waals surface area (Å²) in [5, 5.41) is 74.9. The molecule has 7 rings (SSSR count). The van der Waals surface area contributed by atoms with Gasteiger partial charge in [0, 0.05) is 11.8 Å². The molecule has 7 fully saturated rings. The van der Waals surface area contributed by atoms with E-state index in [0.717, 1.165) is 51.4 Å². The normalized spacial score (nSPS) is 58.6. The Morgan fingerprint density at radius 3 is 2.11 bits per heavy atom. The third kappa shape index (κ3) is 4.27. The molecule has 0 amide bonds. The minimum absolute atomic E-state index is 0.00719. The van der Waals surface area contributed by atoms with Gasteiger partial charge in [-0.25, -0.2) is 0 Å². The van der Waals surface area contributed by atoms with E-state index in [0.29, 0.717) is 18.3 Å². The fourth-order valence-electron chi connectivity index (χ4n) is 13.3. The van der Waals surface area contributed by atoms with Crippen molar-refractivity contribution >= 4 is 5.97 Å². The molecule has 268 valence electrons. The van der Waals surface area contributed by atoms with E-state index in [4.69, 9.17) is 14.2 Å². The topological polar surface area (TPSA) is 186 Å². The molecule has 5 saturated carbocycles. The molecule has 11 heteroatoms. The highest BCUT2D eigenvalue weighted by Crippen LogP contribution is 2.89. The Morgan fingerprint density at radius 2 is 1.47 bits per heavy atom. The number of aliphatic hydroxyl groups excluding tert-OH is 6. The van der Waals surface area contributed by atoms with Crippen LogP contribution in [0.3, 0.4) is 0 Å². The van der Waals surface area contributed by atoms with Crippen LogP contribution in [0, 0.1) is 44.8 Å². The van der Waals surface area contributed by atoms with Crippen LogP contribution in [0.1, 0.15) is 106 Å². The number of carbonyl (C=O) groups excluding carboxylic acids is 1. The lowest BCUT2D eigenvalue weighted by molar-refractivity contribution is -0.300. The molecule has 0 aromatic heterocycles. The molecule has 7 N–H and O–H groups in total. The molecular weight excluding hydrogens is 608 g/mol. The second-order valence-electron chi connectivity index (χ2n) is 18.2. The van der Waals surface area contributed by atoms with Crippen molar-refractivity contribution in [2.45, 2.75) is 166 Å². The number of fused-ring (bicyclic) bond motifs is 2. The van der Waals surface area contributed by atoms with Gasteiger partial charge in [-0.1, -0.05) is 13.8 Å². The van der Waals surface area contributed by atoms with Crippen LogP contribution >= 0.6 is 0 Å². The summed E-state index contributed by atoms with van der Waals surface area (Å²) in [7, 11) is 0. The molecule has 2 saturated heterocycles. The number of hydrogen-bond donors (Lipinski definition) is 7. The molecule has 47 heavy (non-hydrogen) atoms. The smallest absolute Gasteiger partial charge is 0.317 e. The lowest BCUT2D eigenvalue weighted by atomic mass is 9.41. The van der Waals surface area contributed by atoms with Crippen LogP contribution in [-0.4, -0.2) is 109 Å². The van der Waals surface area contributed by atoms with Gasteiger partial charge in [0.1, 0.15) is 24.4 Å². The summed E-state index contributed by atoms with van der Waals surface area (Å²) >= 11 is 0. The fraction of sp³-hybridized carbons (Fsp3) is 0.972. The minimum atomic E-state index is -1.74. The van der Waals surface area contributed by atoms with Crippen molar-refractivity contribution in [2.24, 2.45) is 44.8 Å². The quantitative estimate of drug-likeness (QED) is 0.212. The first kappa shape index (κ1) is 34.6. The largest absolute Gasteiger partial charge is 0.432 e. The number of carbonyl (C=O) groups is 1. The second-order valence-corrected chi connectivity index (χ2v) is 18.2. The Balaban J connectivity index is 1.16. The summed E-state index contributed by atoms with van der Waals surface area (Å²) in [5.74, 6) is -0.461. The summed E-state index contributed by atoms with van der Waals surface area (Å²) < 4.78 is 18.0. The molecule has 0 bridgehead atoms. The number of esters is 1. The van der Waals surface area contributed by atoms with E-state index >= 15 is 0 Å². The van der Waals surface area contributed by atoms with Crippen LogP contribution < -0.4 is 0 Å². The fourth-order valence-corrected chi connectivity index (χ4v) is 13.3. The van der Waals surface area contributed by atoms with Crippen molar-refractivity contribution in [3.05, 3.63) is 0 Å². The maximum atomic E-state index is 14.1. The average molecular weight is 667 g/mol. The monoisotopic (exact) mass is 666 g/mol. The minimum Gasteiger partial charge on any atom is -0.432 e. The summed E-state index contributed by atoms with van der Waals surface area (Å²) in [4.78, 5) is 14.1. The zero-order valence-electron chi connectivity index (χ0n) is 28.9. The van der Waals surface area contributed by atoms with Gasteiger partial charge < -0.3 is 50.0 Å². The Kier molecular flexibility index (Phi) is 7.77. The SMILES string of the molecule is CC(C)(O)[C@H]1CC[C@@](C)([C@H]2CC[C@]3(C)[C@H]4CC[C@H]5[C@](C)(C(=O)O[C@H]6O[C@@H](CO)[C@@H](O)[C@@H](O)[C@H]6O)[C@@H](O)C[C@@H](O)[C@]56C[C@]46CC[C@@]23C)O1. The van der Waals surface area contributed by atoms with E-state index < -0.39 is 71.9 Å². The molecule has 7 aliphatic rings. The molecule has 0 unspecified atom stereocenters. The predicted molar refractivity (Wildman–Crippen MR) is 167 cm³/mol. The number of ether oxygens (including phenoxy) is 3. The number of rotatable bonds is 5. The highest BCUT2D eigenvalue weighted by Gasteiger charge is 2.86. The van der Waals surface area contributed by atoms with Crippen LogP contribution in [0.25, 0.3) is 0 Å². The van der Waals surface area contributed by atoms with E-state index in [9.17, 15) is 40.5 Å². The van der Waals surface area contributed by atoms with Gasteiger partial charge in [0.25, 0.3) is 0 Å². The van der Waals surface area contributed by atoms with Gasteiger partial charge in [0.05, 0.1) is 41.5 Å². The van der Waals surface area contributed by atoms with Gasteiger partial charge in [-0.2, -0.15) is 0 Å². The molecular formula is C36H58O11. The van der Waals surface area contributed by atoms with E-state index in [1.54, 1.807) is 6.92 Å². The first-order valence-corrected chi connectivity index (χ1v) is 18.0. The van der Waals surface area contributed by atoms with Gasteiger partial charge in [-0.3, -0.25) is 4.79 Å². The first-order valence-electron chi connectivity index (χ1n) is 18.0. The molecule has 5 aliphatic carbocycles. The Morgan fingerprint density at radius 1 is 0.809 bits per heavy atom. The van der Waals surface area contributed by atoms with Crippen LogP contribution in [0.4, 0.5) is 0 Å². The van der Waals surface area contributed by atoms with Crippen molar-refractivity contribution < 1.29 is 54.8 Å². The third-order valence-electron chi connectivity index (χ3n) is 16.1.